The van der Waals surface area contributed by atoms with Gasteiger partial charge in [-0.25, -0.2) is 0 Å². The molecule has 0 aliphatic rings. The zero-order chi connectivity index (χ0) is 8.91. The van der Waals surface area contributed by atoms with Gasteiger partial charge in [0.1, 0.15) is 0 Å². The Morgan fingerprint density at radius 2 is 1.91 bits per heavy atom. The lowest BCUT2D eigenvalue weighted by atomic mass is 10.5. The zero-order valence-electron chi connectivity index (χ0n) is 6.61. The van der Waals surface area contributed by atoms with Crippen molar-refractivity contribution in [3.8, 4) is 0 Å². The molecule has 0 unspecified atom stereocenters. The van der Waals surface area contributed by atoms with Gasteiger partial charge in [0.15, 0.2) is 0 Å². The molecule has 2 nitrogen and oxygen atoms in total. The molecule has 0 rings (SSSR count). The topological polar surface area (TPSA) is 12.5 Å². The van der Waals surface area contributed by atoms with Crippen molar-refractivity contribution in [2.75, 3.05) is 33.9 Å². The van der Waals surface area contributed by atoms with E-state index >= 15 is 0 Å². The molecule has 0 N–H and O–H groups in total. The number of rotatable bonds is 4. The van der Waals surface area contributed by atoms with Crippen LogP contribution in [0.25, 0.3) is 0 Å². The van der Waals surface area contributed by atoms with Gasteiger partial charge in [0, 0.05) is 13.7 Å². The number of hydrogen-bond donors (Lipinski definition) is 0. The van der Waals surface area contributed by atoms with E-state index in [1.807, 2.05) is 0 Å². The number of ether oxygens (including phenoxy) is 1. The maximum Gasteiger partial charge on any atom is 0.401 e. The van der Waals surface area contributed by atoms with Crippen molar-refractivity contribution in [1.29, 1.82) is 0 Å². The van der Waals surface area contributed by atoms with Gasteiger partial charge < -0.3 is 4.74 Å². The van der Waals surface area contributed by atoms with E-state index < -0.39 is 12.7 Å². The summed E-state index contributed by atoms with van der Waals surface area (Å²) in [5.74, 6) is 0. The molecule has 0 amide bonds. The third-order valence-electron chi connectivity index (χ3n) is 1.13. The van der Waals surface area contributed by atoms with Gasteiger partial charge in [-0.2, -0.15) is 13.2 Å². The Morgan fingerprint density at radius 1 is 1.36 bits per heavy atom. The lowest BCUT2D eigenvalue weighted by Crippen LogP contribution is -2.33. The highest BCUT2D eigenvalue weighted by atomic mass is 19.4. The van der Waals surface area contributed by atoms with Gasteiger partial charge in [0.05, 0.1) is 13.2 Å². The van der Waals surface area contributed by atoms with Gasteiger partial charge in [-0.3, -0.25) is 4.90 Å². The molecule has 0 heterocycles. The van der Waals surface area contributed by atoms with Crippen LogP contribution < -0.4 is 0 Å². The predicted octanol–water partition coefficient (Wildman–Crippen LogP) is 1.13. The molecule has 0 aromatic heterocycles. The van der Waals surface area contributed by atoms with Crippen molar-refractivity contribution in [3.63, 3.8) is 0 Å². The van der Waals surface area contributed by atoms with E-state index in [9.17, 15) is 13.2 Å². The fourth-order valence-electron chi connectivity index (χ4n) is 0.632. The molecule has 0 radical (unpaired) electrons. The summed E-state index contributed by atoms with van der Waals surface area (Å²) in [5.41, 5.74) is 0. The highest BCUT2D eigenvalue weighted by molar-refractivity contribution is 4.57. The minimum Gasteiger partial charge on any atom is -0.383 e. The molecule has 68 valence electrons. The minimum absolute atomic E-state index is 0.302. The molecular formula is C6H12F3NO. The number of methoxy groups -OCH3 is 1. The van der Waals surface area contributed by atoms with E-state index in [1.54, 1.807) is 0 Å². The Bertz CT molecular complexity index is 104. The summed E-state index contributed by atoms with van der Waals surface area (Å²) in [4.78, 5) is 1.17. The monoisotopic (exact) mass is 171 g/mol. The Labute approximate surface area is 63.9 Å². The second-order valence-corrected chi connectivity index (χ2v) is 2.35. The summed E-state index contributed by atoms with van der Waals surface area (Å²) in [6, 6.07) is 0. The summed E-state index contributed by atoms with van der Waals surface area (Å²) in [6.07, 6.45) is -4.11. The second-order valence-electron chi connectivity index (χ2n) is 2.35. The van der Waals surface area contributed by atoms with Gasteiger partial charge in [0.2, 0.25) is 0 Å². The first-order chi connectivity index (χ1) is 4.95. The molecule has 0 fully saturated rings. The van der Waals surface area contributed by atoms with Crippen LogP contribution in [0.3, 0.4) is 0 Å². The Balaban J connectivity index is 3.44. The molecule has 0 aliphatic heterocycles. The lowest BCUT2D eigenvalue weighted by molar-refractivity contribution is -0.143. The van der Waals surface area contributed by atoms with Crippen LogP contribution in [0.1, 0.15) is 0 Å². The maximum atomic E-state index is 11.7. The molecule has 0 saturated carbocycles. The molecule has 0 saturated heterocycles. The Hall–Kier alpha value is -0.290. The number of alkyl halides is 3. The van der Waals surface area contributed by atoms with E-state index in [2.05, 4.69) is 4.74 Å². The van der Waals surface area contributed by atoms with Crippen LogP contribution in [0.4, 0.5) is 13.2 Å². The smallest absolute Gasteiger partial charge is 0.383 e. The van der Waals surface area contributed by atoms with Crippen LogP contribution in [0, 0.1) is 0 Å². The van der Waals surface area contributed by atoms with E-state index in [1.165, 1.54) is 19.1 Å². The summed E-state index contributed by atoms with van der Waals surface area (Å²) in [7, 11) is 2.87. The van der Waals surface area contributed by atoms with Crippen molar-refractivity contribution in [2.24, 2.45) is 0 Å². The normalized spacial score (nSPS) is 12.5. The standard InChI is InChI=1S/C6H12F3NO/c1-10(3-4-11-2)5-6(7,8)9/h3-5H2,1-2H3. The molecule has 0 bridgehead atoms. The van der Waals surface area contributed by atoms with Crippen LogP contribution in [0.5, 0.6) is 0 Å². The molecule has 0 aliphatic carbocycles. The van der Waals surface area contributed by atoms with Crippen LogP contribution >= 0.6 is 0 Å². The van der Waals surface area contributed by atoms with Crippen LogP contribution in [0.15, 0.2) is 0 Å². The summed E-state index contributed by atoms with van der Waals surface area (Å²) < 4.78 is 39.6. The fourth-order valence-corrected chi connectivity index (χ4v) is 0.632. The van der Waals surface area contributed by atoms with Crippen molar-refractivity contribution in [3.05, 3.63) is 0 Å². The third-order valence-corrected chi connectivity index (χ3v) is 1.13. The fraction of sp³-hybridized carbons (Fsp3) is 1.00. The van der Waals surface area contributed by atoms with Crippen LogP contribution in [-0.4, -0.2) is 44.9 Å². The number of hydrogen-bond acceptors (Lipinski definition) is 2. The van der Waals surface area contributed by atoms with E-state index in [0.29, 0.717) is 13.2 Å². The lowest BCUT2D eigenvalue weighted by Gasteiger charge is -2.17. The second kappa shape index (κ2) is 4.56. The van der Waals surface area contributed by atoms with Crippen LogP contribution in [0.2, 0.25) is 0 Å². The van der Waals surface area contributed by atoms with Crippen molar-refractivity contribution >= 4 is 0 Å². The molecule has 5 heteroatoms. The van der Waals surface area contributed by atoms with Gasteiger partial charge in [0.25, 0.3) is 0 Å². The first-order valence-electron chi connectivity index (χ1n) is 3.20. The average molecular weight is 171 g/mol. The van der Waals surface area contributed by atoms with Crippen molar-refractivity contribution in [1.82, 2.24) is 4.90 Å². The van der Waals surface area contributed by atoms with Crippen molar-refractivity contribution < 1.29 is 17.9 Å². The average Bonchev–Trinajstić information content (AvgIpc) is 1.79. The van der Waals surface area contributed by atoms with Gasteiger partial charge in [-0.15, -0.1) is 0 Å². The Kier molecular flexibility index (Phi) is 4.44. The summed E-state index contributed by atoms with van der Waals surface area (Å²) in [6.45, 7) is -0.251. The van der Waals surface area contributed by atoms with E-state index in [0.717, 1.165) is 0 Å². The van der Waals surface area contributed by atoms with Crippen LogP contribution in [-0.2, 0) is 4.74 Å². The summed E-state index contributed by atoms with van der Waals surface area (Å²) >= 11 is 0. The molecule has 0 aromatic carbocycles. The number of halogens is 3. The molecule has 0 spiro atoms. The van der Waals surface area contributed by atoms with E-state index in [-0.39, 0.29) is 0 Å². The Morgan fingerprint density at radius 3 is 2.27 bits per heavy atom. The highest BCUT2D eigenvalue weighted by Gasteiger charge is 2.28. The third kappa shape index (κ3) is 7.61. The highest BCUT2D eigenvalue weighted by Crippen LogP contribution is 2.14. The van der Waals surface area contributed by atoms with Gasteiger partial charge in [-0.05, 0) is 7.05 Å². The number of nitrogens with zero attached hydrogens (tertiary/aromatic N) is 1. The van der Waals surface area contributed by atoms with Gasteiger partial charge in [-0.1, -0.05) is 0 Å². The van der Waals surface area contributed by atoms with Gasteiger partial charge >= 0.3 is 6.18 Å². The number of likely N-dealkylation sites (N-methyl/N-ethyl adjacent to an activating group) is 1. The molecule has 0 atom stereocenters. The molecule has 0 aromatic rings. The molecular weight excluding hydrogens is 159 g/mol. The first-order valence-corrected chi connectivity index (χ1v) is 3.20. The largest absolute Gasteiger partial charge is 0.401 e. The van der Waals surface area contributed by atoms with E-state index in [4.69, 9.17) is 0 Å². The first kappa shape index (κ1) is 10.7. The molecule has 11 heavy (non-hydrogen) atoms. The maximum absolute atomic E-state index is 11.7. The quantitative estimate of drug-likeness (QED) is 0.628. The summed E-state index contributed by atoms with van der Waals surface area (Å²) in [5, 5.41) is 0. The minimum atomic E-state index is -4.11. The SMILES string of the molecule is COCCN(C)CC(F)(F)F. The van der Waals surface area contributed by atoms with Crippen molar-refractivity contribution in [2.45, 2.75) is 6.18 Å². The predicted molar refractivity (Wildman–Crippen MR) is 35.4 cm³/mol. The zero-order valence-corrected chi connectivity index (χ0v) is 6.61.